The van der Waals surface area contributed by atoms with Crippen LogP contribution in [0.4, 0.5) is 5.82 Å². The Kier molecular flexibility index (Phi) is 4.30. The molecule has 1 aromatic heterocycles. The van der Waals surface area contributed by atoms with Gasteiger partial charge < -0.3 is 4.90 Å². The Hall–Kier alpha value is -1.29. The molecule has 102 valence electrons. The van der Waals surface area contributed by atoms with Crippen molar-refractivity contribution in [3.8, 4) is 11.3 Å². The molecule has 0 spiro atoms. The summed E-state index contributed by atoms with van der Waals surface area (Å²) in [4.78, 5) is 1.98. The summed E-state index contributed by atoms with van der Waals surface area (Å²) in [7, 11) is 3.97. The summed E-state index contributed by atoms with van der Waals surface area (Å²) in [6.45, 7) is 4.47. The molecule has 0 saturated heterocycles. The third-order valence-electron chi connectivity index (χ3n) is 3.49. The predicted octanol–water partition coefficient (Wildman–Crippen LogP) is 4.42. The average Bonchev–Trinajstić information content (AvgIpc) is 2.80. The zero-order valence-corrected chi connectivity index (χ0v) is 13.5. The molecular formula is C15H20BrN3. The van der Waals surface area contributed by atoms with Crippen molar-refractivity contribution in [2.75, 3.05) is 19.0 Å². The molecule has 0 bridgehead atoms. The van der Waals surface area contributed by atoms with E-state index in [1.807, 2.05) is 19.0 Å². The Morgan fingerprint density at radius 3 is 2.37 bits per heavy atom. The highest BCUT2D eigenvalue weighted by Gasteiger charge is 2.13. The number of hydrogen-bond donors (Lipinski definition) is 1. The summed E-state index contributed by atoms with van der Waals surface area (Å²) in [6.07, 6.45) is 1.16. The highest BCUT2D eigenvalue weighted by atomic mass is 79.9. The van der Waals surface area contributed by atoms with Crippen molar-refractivity contribution < 1.29 is 0 Å². The van der Waals surface area contributed by atoms with Crippen LogP contribution in [0.3, 0.4) is 0 Å². The number of rotatable bonds is 4. The molecule has 0 saturated carbocycles. The highest BCUT2D eigenvalue weighted by Crippen LogP contribution is 2.33. The van der Waals surface area contributed by atoms with Crippen LogP contribution < -0.4 is 4.90 Å². The minimum atomic E-state index is 0.608. The molecule has 1 N–H and O–H groups in total. The molecule has 1 heterocycles. The third kappa shape index (κ3) is 2.84. The molecule has 0 aliphatic heterocycles. The van der Waals surface area contributed by atoms with Crippen molar-refractivity contribution in [1.82, 2.24) is 10.2 Å². The number of halogens is 1. The summed E-state index contributed by atoms with van der Waals surface area (Å²) >= 11 is 3.61. The zero-order valence-electron chi connectivity index (χ0n) is 11.9. The van der Waals surface area contributed by atoms with Crippen LogP contribution in [0.15, 0.2) is 28.7 Å². The highest BCUT2D eigenvalue weighted by molar-refractivity contribution is 9.10. The Morgan fingerprint density at radius 1 is 1.26 bits per heavy atom. The van der Waals surface area contributed by atoms with Crippen LogP contribution >= 0.6 is 15.9 Å². The van der Waals surface area contributed by atoms with E-state index < -0.39 is 0 Å². The second kappa shape index (κ2) is 5.78. The van der Waals surface area contributed by atoms with E-state index in [2.05, 4.69) is 64.2 Å². The summed E-state index contributed by atoms with van der Waals surface area (Å²) in [6, 6.07) is 8.70. The minimum Gasteiger partial charge on any atom is -0.360 e. The maximum Gasteiger partial charge on any atom is 0.164 e. The van der Waals surface area contributed by atoms with Crippen molar-refractivity contribution in [2.45, 2.75) is 26.2 Å². The van der Waals surface area contributed by atoms with E-state index in [0.717, 1.165) is 28.0 Å². The van der Waals surface area contributed by atoms with Gasteiger partial charge in [-0.2, -0.15) is 5.10 Å². The molecule has 0 aliphatic carbocycles. The van der Waals surface area contributed by atoms with Crippen LogP contribution in [0.25, 0.3) is 11.3 Å². The smallest absolute Gasteiger partial charge is 0.164 e. The van der Waals surface area contributed by atoms with Crippen LogP contribution in [-0.2, 0) is 0 Å². The molecule has 3 nitrogen and oxygen atoms in total. The lowest BCUT2D eigenvalue weighted by Gasteiger charge is -2.10. The van der Waals surface area contributed by atoms with Crippen molar-refractivity contribution >= 4 is 21.7 Å². The van der Waals surface area contributed by atoms with Crippen molar-refractivity contribution in [3.05, 3.63) is 34.3 Å². The second-order valence-corrected chi connectivity index (χ2v) is 5.85. The summed E-state index contributed by atoms with van der Waals surface area (Å²) in [5.41, 5.74) is 3.56. The Balaban J connectivity index is 2.32. The number of aromatic nitrogens is 2. The molecule has 1 atom stereocenters. The van der Waals surface area contributed by atoms with Gasteiger partial charge in [0.15, 0.2) is 5.82 Å². The van der Waals surface area contributed by atoms with Gasteiger partial charge >= 0.3 is 0 Å². The SMILES string of the molecule is CCC(C)c1ccc(-c2[nH]nc(N(C)C)c2Br)cc1. The Morgan fingerprint density at radius 2 is 1.89 bits per heavy atom. The lowest BCUT2D eigenvalue weighted by atomic mass is 9.97. The van der Waals surface area contributed by atoms with E-state index in [-0.39, 0.29) is 0 Å². The predicted molar refractivity (Wildman–Crippen MR) is 84.8 cm³/mol. The van der Waals surface area contributed by atoms with E-state index in [9.17, 15) is 0 Å². The van der Waals surface area contributed by atoms with E-state index >= 15 is 0 Å². The van der Waals surface area contributed by atoms with Gasteiger partial charge in [-0.05, 0) is 33.8 Å². The van der Waals surface area contributed by atoms with Gasteiger partial charge in [0, 0.05) is 19.7 Å². The number of H-pyrrole nitrogens is 1. The van der Waals surface area contributed by atoms with Gasteiger partial charge in [-0.1, -0.05) is 38.1 Å². The standard InChI is InChI=1S/C15H20BrN3/c1-5-10(2)11-6-8-12(9-7-11)14-13(16)15(18-17-14)19(3)4/h6-10H,5H2,1-4H3,(H,17,18). The van der Waals surface area contributed by atoms with Crippen molar-refractivity contribution in [3.63, 3.8) is 0 Å². The van der Waals surface area contributed by atoms with Crippen LogP contribution in [0.1, 0.15) is 31.7 Å². The lowest BCUT2D eigenvalue weighted by molar-refractivity contribution is 0.734. The first-order valence-electron chi connectivity index (χ1n) is 6.56. The number of anilines is 1. The number of nitrogens with zero attached hydrogens (tertiary/aromatic N) is 2. The molecule has 0 fully saturated rings. The minimum absolute atomic E-state index is 0.608. The quantitative estimate of drug-likeness (QED) is 0.904. The van der Waals surface area contributed by atoms with Gasteiger partial charge in [0.05, 0.1) is 10.2 Å². The zero-order chi connectivity index (χ0) is 14.0. The van der Waals surface area contributed by atoms with E-state index in [1.165, 1.54) is 5.56 Å². The topological polar surface area (TPSA) is 31.9 Å². The molecule has 0 amide bonds. The van der Waals surface area contributed by atoms with E-state index in [0.29, 0.717) is 5.92 Å². The van der Waals surface area contributed by atoms with Gasteiger partial charge in [-0.25, -0.2) is 0 Å². The summed E-state index contributed by atoms with van der Waals surface area (Å²) < 4.78 is 1.01. The maximum absolute atomic E-state index is 4.32. The number of aromatic amines is 1. The number of benzene rings is 1. The van der Waals surface area contributed by atoms with Gasteiger partial charge in [0.1, 0.15) is 0 Å². The number of nitrogens with one attached hydrogen (secondary N) is 1. The van der Waals surface area contributed by atoms with Gasteiger partial charge in [-0.15, -0.1) is 0 Å². The third-order valence-corrected chi connectivity index (χ3v) is 4.24. The fraction of sp³-hybridized carbons (Fsp3) is 0.400. The molecule has 0 aliphatic rings. The van der Waals surface area contributed by atoms with E-state index in [4.69, 9.17) is 0 Å². The van der Waals surface area contributed by atoms with Crippen LogP contribution in [0.5, 0.6) is 0 Å². The van der Waals surface area contributed by atoms with Gasteiger partial charge in [-0.3, -0.25) is 5.10 Å². The average molecular weight is 322 g/mol. The fourth-order valence-electron chi connectivity index (χ4n) is 2.02. The monoisotopic (exact) mass is 321 g/mol. The molecule has 1 aromatic carbocycles. The summed E-state index contributed by atoms with van der Waals surface area (Å²) in [5, 5.41) is 7.42. The maximum atomic E-state index is 4.32. The molecule has 0 radical (unpaired) electrons. The first-order chi connectivity index (χ1) is 9.04. The molecule has 19 heavy (non-hydrogen) atoms. The van der Waals surface area contributed by atoms with Crippen molar-refractivity contribution in [2.24, 2.45) is 0 Å². The molecular weight excluding hydrogens is 302 g/mol. The summed E-state index contributed by atoms with van der Waals surface area (Å²) in [5.74, 6) is 1.53. The lowest BCUT2D eigenvalue weighted by Crippen LogP contribution is -2.09. The Bertz CT molecular complexity index is 543. The first-order valence-corrected chi connectivity index (χ1v) is 7.35. The molecule has 2 aromatic rings. The Labute approximate surface area is 123 Å². The molecule has 2 rings (SSSR count). The number of hydrogen-bond acceptors (Lipinski definition) is 2. The van der Waals surface area contributed by atoms with E-state index in [1.54, 1.807) is 0 Å². The van der Waals surface area contributed by atoms with Crippen molar-refractivity contribution in [1.29, 1.82) is 0 Å². The normalized spacial score (nSPS) is 12.5. The fourth-order valence-corrected chi connectivity index (χ4v) is 2.78. The van der Waals surface area contributed by atoms with Gasteiger partial charge in [0.25, 0.3) is 0 Å². The van der Waals surface area contributed by atoms with Crippen LogP contribution in [0, 0.1) is 0 Å². The van der Waals surface area contributed by atoms with Crippen LogP contribution in [-0.4, -0.2) is 24.3 Å². The largest absolute Gasteiger partial charge is 0.360 e. The molecule has 4 heteroatoms. The second-order valence-electron chi connectivity index (χ2n) is 5.06. The first kappa shape index (κ1) is 14.1. The van der Waals surface area contributed by atoms with Crippen LogP contribution in [0.2, 0.25) is 0 Å². The molecule has 1 unspecified atom stereocenters. The van der Waals surface area contributed by atoms with Gasteiger partial charge in [0.2, 0.25) is 0 Å².